The summed E-state index contributed by atoms with van der Waals surface area (Å²) in [7, 11) is 0. The maximum absolute atomic E-state index is 11.7. The highest BCUT2D eigenvalue weighted by atomic mass is 127. The molecule has 0 aliphatic heterocycles. The summed E-state index contributed by atoms with van der Waals surface area (Å²) in [5, 5.41) is 6.95. The second kappa shape index (κ2) is 7.26. The summed E-state index contributed by atoms with van der Waals surface area (Å²) in [5.74, 6) is 0.421. The van der Waals surface area contributed by atoms with Crippen LogP contribution >= 0.6 is 22.6 Å². The quantitative estimate of drug-likeness (QED) is 0.463. The predicted octanol–water partition coefficient (Wildman–Crippen LogP) is 3.06. The van der Waals surface area contributed by atoms with Crippen molar-refractivity contribution < 1.29 is 9.21 Å². The van der Waals surface area contributed by atoms with Gasteiger partial charge in [0.15, 0.2) is 0 Å². The van der Waals surface area contributed by atoms with Crippen molar-refractivity contribution in [1.29, 1.82) is 0 Å². The van der Waals surface area contributed by atoms with Crippen molar-refractivity contribution in [2.24, 2.45) is 5.10 Å². The number of halogens is 1. The highest BCUT2D eigenvalue weighted by Crippen LogP contribution is 2.17. The van der Waals surface area contributed by atoms with Crippen LogP contribution in [0, 0.1) is 17.4 Å². The van der Waals surface area contributed by atoms with Gasteiger partial charge in [-0.05, 0) is 71.8 Å². The van der Waals surface area contributed by atoms with Gasteiger partial charge in [0.05, 0.1) is 19.0 Å². The molecule has 0 aliphatic carbocycles. The Kier molecular flexibility index (Phi) is 5.38. The lowest BCUT2D eigenvalue weighted by Crippen LogP contribution is -2.26. The van der Waals surface area contributed by atoms with Crippen LogP contribution in [0.15, 0.2) is 40.0 Å². The van der Waals surface area contributed by atoms with Gasteiger partial charge in [-0.2, -0.15) is 5.10 Å². The van der Waals surface area contributed by atoms with E-state index in [4.69, 9.17) is 4.42 Å². The average Bonchev–Trinajstić information content (AvgIpc) is 2.83. The Bertz CT molecular complexity index is 665. The first-order valence-electron chi connectivity index (χ1n) is 6.42. The van der Waals surface area contributed by atoms with E-state index in [0.717, 1.165) is 16.8 Å². The maximum Gasteiger partial charge on any atom is 0.259 e. The van der Waals surface area contributed by atoms with Gasteiger partial charge in [-0.3, -0.25) is 4.79 Å². The molecule has 0 aliphatic rings. The Hall–Kier alpha value is -1.83. The first-order valence-corrected chi connectivity index (χ1v) is 7.50. The van der Waals surface area contributed by atoms with Gasteiger partial charge in [0.1, 0.15) is 5.76 Å². The first kappa shape index (κ1) is 15.6. The molecule has 1 aromatic carbocycles. The van der Waals surface area contributed by atoms with Crippen LogP contribution in [0.25, 0.3) is 0 Å². The van der Waals surface area contributed by atoms with Crippen LogP contribution in [0.3, 0.4) is 0 Å². The van der Waals surface area contributed by atoms with Gasteiger partial charge in [-0.1, -0.05) is 0 Å². The third kappa shape index (κ3) is 4.59. The fraction of sp³-hybridized carbons (Fsp3) is 0.200. The van der Waals surface area contributed by atoms with Gasteiger partial charge in [-0.25, -0.2) is 5.43 Å². The number of nitrogens with zero attached hydrogens (tertiary/aromatic N) is 1. The van der Waals surface area contributed by atoms with Gasteiger partial charge in [0.25, 0.3) is 5.91 Å². The summed E-state index contributed by atoms with van der Waals surface area (Å²) in [5.41, 5.74) is 5.47. The number of carbonyl (C=O) groups excluding carboxylic acids is 1. The smallest absolute Gasteiger partial charge is 0.259 e. The predicted molar refractivity (Wildman–Crippen MR) is 91.6 cm³/mol. The molecule has 0 spiro atoms. The highest BCUT2D eigenvalue weighted by molar-refractivity contribution is 14.1. The molecule has 0 unspecified atom stereocenters. The van der Waals surface area contributed by atoms with E-state index in [2.05, 4.69) is 44.5 Å². The minimum Gasteiger partial charge on any atom is -0.463 e. The van der Waals surface area contributed by atoms with E-state index in [-0.39, 0.29) is 12.5 Å². The number of nitrogens with one attached hydrogen (secondary N) is 2. The molecule has 0 fully saturated rings. The van der Waals surface area contributed by atoms with E-state index in [1.54, 1.807) is 6.26 Å². The number of carbonyl (C=O) groups is 1. The third-order valence-corrected chi connectivity index (χ3v) is 3.57. The van der Waals surface area contributed by atoms with Crippen molar-refractivity contribution in [3.8, 4) is 0 Å². The van der Waals surface area contributed by atoms with Crippen molar-refractivity contribution in [3.63, 3.8) is 0 Å². The molecule has 2 aromatic rings. The lowest BCUT2D eigenvalue weighted by atomic mass is 10.2. The van der Waals surface area contributed by atoms with Crippen LogP contribution in [0.5, 0.6) is 0 Å². The maximum atomic E-state index is 11.7. The standard InChI is InChI=1S/C15H16IN3O2/c1-10-5-6-21-14(10)8-18-19-15(20)9-17-13-4-3-12(16)7-11(13)2/h3-8,17H,9H2,1-2H3,(H,19,20). The monoisotopic (exact) mass is 397 g/mol. The largest absolute Gasteiger partial charge is 0.463 e. The number of amides is 1. The molecule has 21 heavy (non-hydrogen) atoms. The molecule has 2 rings (SSSR count). The van der Waals surface area contributed by atoms with E-state index < -0.39 is 0 Å². The SMILES string of the molecule is Cc1cc(I)ccc1NCC(=O)NN=Cc1occc1C. The molecule has 1 aromatic heterocycles. The van der Waals surface area contributed by atoms with Crippen molar-refractivity contribution in [3.05, 3.63) is 51.0 Å². The molecule has 2 N–H and O–H groups in total. The number of hydrazone groups is 1. The minimum atomic E-state index is -0.214. The summed E-state index contributed by atoms with van der Waals surface area (Å²) in [4.78, 5) is 11.7. The Morgan fingerprint density at radius 3 is 2.81 bits per heavy atom. The molecular weight excluding hydrogens is 381 g/mol. The molecule has 0 saturated heterocycles. The molecule has 1 heterocycles. The zero-order valence-electron chi connectivity index (χ0n) is 11.8. The number of anilines is 1. The van der Waals surface area contributed by atoms with E-state index in [1.807, 2.05) is 32.0 Å². The van der Waals surface area contributed by atoms with Crippen LogP contribution in [0.4, 0.5) is 5.69 Å². The summed E-state index contributed by atoms with van der Waals surface area (Å²) in [6.07, 6.45) is 3.07. The van der Waals surface area contributed by atoms with E-state index >= 15 is 0 Å². The highest BCUT2D eigenvalue weighted by Gasteiger charge is 2.03. The van der Waals surface area contributed by atoms with Crippen molar-refractivity contribution in [1.82, 2.24) is 5.43 Å². The topological polar surface area (TPSA) is 66.6 Å². The molecule has 0 bridgehead atoms. The molecule has 5 nitrogen and oxygen atoms in total. The Morgan fingerprint density at radius 1 is 1.33 bits per heavy atom. The molecule has 0 saturated carbocycles. The van der Waals surface area contributed by atoms with Crippen LogP contribution < -0.4 is 10.7 Å². The van der Waals surface area contributed by atoms with Crippen molar-refractivity contribution in [2.45, 2.75) is 13.8 Å². The second-order valence-corrected chi connectivity index (χ2v) is 5.82. The molecule has 0 radical (unpaired) electrons. The summed E-state index contributed by atoms with van der Waals surface area (Å²) < 4.78 is 6.35. The Balaban J connectivity index is 1.82. The summed E-state index contributed by atoms with van der Waals surface area (Å²) in [6, 6.07) is 7.84. The van der Waals surface area contributed by atoms with Crippen LogP contribution in [0.1, 0.15) is 16.9 Å². The van der Waals surface area contributed by atoms with E-state index in [9.17, 15) is 4.79 Å². The molecule has 6 heteroatoms. The Labute approximate surface area is 136 Å². The second-order valence-electron chi connectivity index (χ2n) is 4.57. The van der Waals surface area contributed by atoms with Crippen molar-refractivity contribution in [2.75, 3.05) is 11.9 Å². The lowest BCUT2D eigenvalue weighted by molar-refractivity contribution is -0.119. The first-order chi connectivity index (χ1) is 10.1. The van der Waals surface area contributed by atoms with E-state index in [1.165, 1.54) is 9.78 Å². The third-order valence-electron chi connectivity index (χ3n) is 2.90. The zero-order valence-corrected chi connectivity index (χ0v) is 14.0. The number of hydrogen-bond acceptors (Lipinski definition) is 4. The van der Waals surface area contributed by atoms with E-state index in [0.29, 0.717) is 5.76 Å². The van der Waals surface area contributed by atoms with Gasteiger partial charge >= 0.3 is 0 Å². The zero-order chi connectivity index (χ0) is 15.2. The fourth-order valence-electron chi connectivity index (χ4n) is 1.72. The normalized spacial score (nSPS) is 10.8. The molecular formula is C15H16IN3O2. The fourth-order valence-corrected chi connectivity index (χ4v) is 2.37. The lowest BCUT2D eigenvalue weighted by Gasteiger charge is -2.08. The Morgan fingerprint density at radius 2 is 2.14 bits per heavy atom. The van der Waals surface area contributed by atoms with Crippen LogP contribution in [0.2, 0.25) is 0 Å². The van der Waals surface area contributed by atoms with Gasteiger partial charge < -0.3 is 9.73 Å². The van der Waals surface area contributed by atoms with Crippen molar-refractivity contribution >= 4 is 40.4 Å². The van der Waals surface area contributed by atoms with Gasteiger partial charge in [-0.15, -0.1) is 0 Å². The summed E-state index contributed by atoms with van der Waals surface area (Å²) >= 11 is 2.25. The average molecular weight is 397 g/mol. The van der Waals surface area contributed by atoms with Gasteiger partial charge in [0, 0.05) is 9.26 Å². The summed E-state index contributed by atoms with van der Waals surface area (Å²) in [6.45, 7) is 4.07. The molecule has 1 amide bonds. The number of rotatable bonds is 5. The van der Waals surface area contributed by atoms with Crippen LogP contribution in [-0.2, 0) is 4.79 Å². The van der Waals surface area contributed by atoms with Gasteiger partial charge in [0.2, 0.25) is 0 Å². The minimum absolute atomic E-state index is 0.163. The number of hydrogen-bond donors (Lipinski definition) is 2. The number of benzene rings is 1. The number of aryl methyl sites for hydroxylation is 2. The molecule has 0 atom stereocenters. The number of furan rings is 1. The molecule has 110 valence electrons. The van der Waals surface area contributed by atoms with Crippen LogP contribution in [-0.4, -0.2) is 18.7 Å².